The van der Waals surface area contributed by atoms with Gasteiger partial charge in [0, 0.05) is 11.6 Å². The summed E-state index contributed by atoms with van der Waals surface area (Å²) in [6.07, 6.45) is 0. The minimum Gasteiger partial charge on any atom is -0.485 e. The molecule has 146 valence electrons. The maximum atomic E-state index is 12.4. The summed E-state index contributed by atoms with van der Waals surface area (Å²) < 4.78 is 8.09. The number of benzene rings is 2. The molecule has 1 heterocycles. The number of ketones is 1. The number of hydrogen-bond acceptors (Lipinski definition) is 5. The number of rotatable bonds is 8. The second kappa shape index (κ2) is 9.06. The molecule has 5 nitrogen and oxygen atoms in total. The highest BCUT2D eigenvalue weighted by Gasteiger charge is 2.18. The summed E-state index contributed by atoms with van der Waals surface area (Å²) in [5, 5.41) is 9.36. The molecule has 2 aromatic carbocycles. The lowest BCUT2D eigenvalue weighted by Gasteiger charge is -2.15. The summed E-state index contributed by atoms with van der Waals surface area (Å²) in [6.45, 7) is 8.56. The van der Waals surface area contributed by atoms with E-state index in [1.54, 1.807) is 0 Å². The van der Waals surface area contributed by atoms with Crippen molar-refractivity contribution in [1.82, 2.24) is 14.8 Å². The zero-order valence-electron chi connectivity index (χ0n) is 16.7. The Hall–Kier alpha value is -2.60. The van der Waals surface area contributed by atoms with Crippen LogP contribution in [0.4, 0.5) is 0 Å². The standard InChI is InChI=1S/C22H25N3O2S/c1-15(2)25-20(13-27-21-16(3)9-8-10-17(21)4)23-24-22(25)28-14-19(26)18-11-6-5-7-12-18/h5-12,15H,13-14H2,1-4H3. The van der Waals surface area contributed by atoms with E-state index in [-0.39, 0.29) is 11.8 Å². The summed E-state index contributed by atoms with van der Waals surface area (Å²) in [7, 11) is 0. The Bertz CT molecular complexity index is 931. The van der Waals surface area contributed by atoms with Crippen molar-refractivity contribution in [3.8, 4) is 5.75 Å². The fourth-order valence-corrected chi connectivity index (χ4v) is 4.00. The first-order valence-electron chi connectivity index (χ1n) is 9.31. The Morgan fingerprint density at radius 3 is 2.36 bits per heavy atom. The number of ether oxygens (including phenoxy) is 1. The first-order valence-corrected chi connectivity index (χ1v) is 10.3. The Kier molecular flexibility index (Phi) is 6.52. The fourth-order valence-electron chi connectivity index (χ4n) is 3.02. The molecule has 0 N–H and O–H groups in total. The third-order valence-electron chi connectivity index (χ3n) is 4.43. The second-order valence-electron chi connectivity index (χ2n) is 6.95. The van der Waals surface area contributed by atoms with Crippen LogP contribution in [-0.4, -0.2) is 26.3 Å². The number of thioether (sulfide) groups is 1. The third-order valence-corrected chi connectivity index (χ3v) is 5.38. The van der Waals surface area contributed by atoms with Gasteiger partial charge in [-0.2, -0.15) is 0 Å². The van der Waals surface area contributed by atoms with E-state index < -0.39 is 0 Å². The van der Waals surface area contributed by atoms with Gasteiger partial charge in [0.1, 0.15) is 12.4 Å². The molecular weight excluding hydrogens is 370 g/mol. The maximum Gasteiger partial charge on any atom is 0.192 e. The molecule has 3 rings (SSSR count). The summed E-state index contributed by atoms with van der Waals surface area (Å²) >= 11 is 1.41. The van der Waals surface area contributed by atoms with E-state index in [2.05, 4.69) is 24.0 Å². The molecule has 0 saturated heterocycles. The lowest BCUT2D eigenvalue weighted by atomic mass is 10.1. The SMILES string of the molecule is Cc1cccc(C)c1OCc1nnc(SCC(=O)c2ccccc2)n1C(C)C. The minimum atomic E-state index is 0.0808. The van der Waals surface area contributed by atoms with Crippen molar-refractivity contribution in [3.05, 3.63) is 71.0 Å². The molecule has 0 spiro atoms. The lowest BCUT2D eigenvalue weighted by Crippen LogP contribution is -2.12. The number of aryl methyl sites for hydroxylation is 2. The van der Waals surface area contributed by atoms with Crippen molar-refractivity contribution in [3.63, 3.8) is 0 Å². The summed E-state index contributed by atoms with van der Waals surface area (Å²) in [4.78, 5) is 12.4. The van der Waals surface area contributed by atoms with Gasteiger partial charge in [0.2, 0.25) is 0 Å². The number of hydrogen-bond donors (Lipinski definition) is 0. The number of para-hydroxylation sites is 1. The highest BCUT2D eigenvalue weighted by Crippen LogP contribution is 2.26. The van der Waals surface area contributed by atoms with Crippen molar-refractivity contribution in [2.24, 2.45) is 0 Å². The maximum absolute atomic E-state index is 12.4. The van der Waals surface area contributed by atoms with E-state index in [1.807, 2.05) is 66.9 Å². The molecule has 28 heavy (non-hydrogen) atoms. The molecule has 0 saturated carbocycles. The third kappa shape index (κ3) is 4.62. The van der Waals surface area contributed by atoms with Crippen LogP contribution in [0.5, 0.6) is 5.75 Å². The number of carbonyl (C=O) groups excluding carboxylic acids is 1. The molecule has 0 fully saturated rings. The van der Waals surface area contributed by atoms with Crippen molar-refractivity contribution in [2.75, 3.05) is 5.75 Å². The number of carbonyl (C=O) groups is 1. The zero-order valence-corrected chi connectivity index (χ0v) is 17.5. The van der Waals surface area contributed by atoms with Crippen LogP contribution >= 0.6 is 11.8 Å². The van der Waals surface area contributed by atoms with E-state index in [4.69, 9.17) is 4.74 Å². The van der Waals surface area contributed by atoms with Crippen molar-refractivity contribution in [1.29, 1.82) is 0 Å². The van der Waals surface area contributed by atoms with Crippen LogP contribution in [-0.2, 0) is 6.61 Å². The predicted molar refractivity (Wildman–Crippen MR) is 112 cm³/mol. The number of aromatic nitrogens is 3. The van der Waals surface area contributed by atoms with E-state index >= 15 is 0 Å². The van der Waals surface area contributed by atoms with Gasteiger partial charge in [0.15, 0.2) is 16.8 Å². The van der Waals surface area contributed by atoms with Gasteiger partial charge in [-0.25, -0.2) is 0 Å². The smallest absolute Gasteiger partial charge is 0.192 e. The highest BCUT2D eigenvalue weighted by atomic mass is 32.2. The Morgan fingerprint density at radius 2 is 1.71 bits per heavy atom. The van der Waals surface area contributed by atoms with E-state index in [9.17, 15) is 4.79 Å². The molecule has 6 heteroatoms. The van der Waals surface area contributed by atoms with Gasteiger partial charge in [-0.05, 0) is 38.8 Å². The average molecular weight is 396 g/mol. The molecule has 0 aliphatic carbocycles. The molecule has 0 bridgehead atoms. The van der Waals surface area contributed by atoms with Gasteiger partial charge >= 0.3 is 0 Å². The van der Waals surface area contributed by atoms with Crippen LogP contribution in [0.25, 0.3) is 0 Å². The highest BCUT2D eigenvalue weighted by molar-refractivity contribution is 7.99. The van der Waals surface area contributed by atoms with Gasteiger partial charge in [-0.1, -0.05) is 60.3 Å². The van der Waals surface area contributed by atoms with Crippen LogP contribution in [0.1, 0.15) is 47.2 Å². The molecule has 0 radical (unpaired) electrons. The molecule has 0 amide bonds. The van der Waals surface area contributed by atoms with Gasteiger partial charge in [0.05, 0.1) is 5.75 Å². The average Bonchev–Trinajstić information content (AvgIpc) is 3.09. The molecular formula is C22H25N3O2S. The minimum absolute atomic E-state index is 0.0808. The lowest BCUT2D eigenvalue weighted by molar-refractivity contribution is 0.102. The molecule has 0 unspecified atom stereocenters. The van der Waals surface area contributed by atoms with Crippen LogP contribution < -0.4 is 4.74 Å². The predicted octanol–water partition coefficient (Wildman–Crippen LogP) is 5.03. The van der Waals surface area contributed by atoms with E-state index in [1.165, 1.54) is 11.8 Å². The first kappa shape index (κ1) is 20.1. The number of nitrogens with zero attached hydrogens (tertiary/aromatic N) is 3. The second-order valence-corrected chi connectivity index (χ2v) is 7.89. The Morgan fingerprint density at radius 1 is 1.04 bits per heavy atom. The summed E-state index contributed by atoms with van der Waals surface area (Å²) in [6, 6.07) is 15.6. The van der Waals surface area contributed by atoms with Crippen molar-refractivity contribution < 1.29 is 9.53 Å². The Labute approximate surface area is 170 Å². The molecule has 0 atom stereocenters. The van der Waals surface area contributed by atoms with Crippen molar-refractivity contribution in [2.45, 2.75) is 45.5 Å². The van der Waals surface area contributed by atoms with E-state index in [0.29, 0.717) is 17.9 Å². The van der Waals surface area contributed by atoms with Crippen LogP contribution in [0.3, 0.4) is 0 Å². The summed E-state index contributed by atoms with van der Waals surface area (Å²) in [5.41, 5.74) is 2.90. The van der Waals surface area contributed by atoms with Gasteiger partial charge < -0.3 is 9.30 Å². The van der Waals surface area contributed by atoms with Gasteiger partial charge in [-0.3, -0.25) is 4.79 Å². The molecule has 0 aliphatic heterocycles. The largest absolute Gasteiger partial charge is 0.485 e. The van der Waals surface area contributed by atoms with Crippen molar-refractivity contribution >= 4 is 17.5 Å². The van der Waals surface area contributed by atoms with Gasteiger partial charge in [0.25, 0.3) is 0 Å². The van der Waals surface area contributed by atoms with Crippen LogP contribution in [0.15, 0.2) is 53.7 Å². The summed E-state index contributed by atoms with van der Waals surface area (Å²) in [5.74, 6) is 2.05. The van der Waals surface area contributed by atoms with Crippen LogP contribution in [0, 0.1) is 13.8 Å². The number of Topliss-reactive ketones (excluding diaryl/α,β-unsaturated/α-hetero) is 1. The topological polar surface area (TPSA) is 57.0 Å². The Balaban J connectivity index is 1.72. The normalized spacial score (nSPS) is 11.0. The zero-order chi connectivity index (χ0) is 20.1. The first-order chi connectivity index (χ1) is 13.5. The molecule has 3 aromatic rings. The molecule has 1 aromatic heterocycles. The van der Waals surface area contributed by atoms with E-state index in [0.717, 1.165) is 27.9 Å². The van der Waals surface area contributed by atoms with Gasteiger partial charge in [-0.15, -0.1) is 10.2 Å². The van der Waals surface area contributed by atoms with Crippen LogP contribution in [0.2, 0.25) is 0 Å². The monoisotopic (exact) mass is 395 g/mol. The molecule has 0 aliphatic rings. The quantitative estimate of drug-likeness (QED) is 0.395. The fraction of sp³-hybridized carbons (Fsp3) is 0.318.